The van der Waals surface area contributed by atoms with Crippen molar-refractivity contribution in [1.29, 1.82) is 5.26 Å². The van der Waals surface area contributed by atoms with Crippen molar-refractivity contribution in [2.24, 2.45) is 17.1 Å². The number of nitriles is 1. The van der Waals surface area contributed by atoms with Crippen molar-refractivity contribution in [3.8, 4) is 6.07 Å². The zero-order valence-corrected chi connectivity index (χ0v) is 14.0. The maximum Gasteiger partial charge on any atom is 0.239 e. The highest BCUT2D eigenvalue weighted by atomic mass is 16.5. The quantitative estimate of drug-likeness (QED) is 0.871. The minimum absolute atomic E-state index is 0.0690. The molecule has 23 heavy (non-hydrogen) atoms. The number of nitrogens with zero attached hydrogens (tertiary/aromatic N) is 1. The van der Waals surface area contributed by atoms with Gasteiger partial charge in [-0.25, -0.2) is 0 Å². The molecule has 5 nitrogen and oxygen atoms in total. The van der Waals surface area contributed by atoms with E-state index >= 15 is 0 Å². The summed E-state index contributed by atoms with van der Waals surface area (Å²) in [5.41, 5.74) is 6.96. The SMILES string of the molecule is CC(C)(C)[C@H]1OCC[C@@H]1CN[C@H](C(N)=O)c1ccc(C#N)cc1. The van der Waals surface area contributed by atoms with E-state index in [4.69, 9.17) is 15.7 Å². The standard InChI is InChI=1S/C18H25N3O2/c1-18(2,3)16-14(8-9-23-16)11-21-15(17(20)22)13-6-4-12(10-19)5-7-13/h4-7,14-16,21H,8-9,11H2,1-3H3,(H2,20,22)/t14-,15+,16+/m1/s1. The lowest BCUT2D eigenvalue weighted by Gasteiger charge is -2.32. The van der Waals surface area contributed by atoms with Crippen molar-refractivity contribution in [3.05, 3.63) is 35.4 Å². The van der Waals surface area contributed by atoms with Gasteiger partial charge in [0.15, 0.2) is 0 Å². The first kappa shape index (κ1) is 17.5. The summed E-state index contributed by atoms with van der Waals surface area (Å²) in [6, 6.07) is 8.45. The van der Waals surface area contributed by atoms with E-state index < -0.39 is 11.9 Å². The molecule has 1 amide bonds. The maximum atomic E-state index is 11.8. The van der Waals surface area contributed by atoms with Gasteiger partial charge in [0.1, 0.15) is 6.04 Å². The first-order valence-electron chi connectivity index (χ1n) is 7.97. The van der Waals surface area contributed by atoms with Crippen LogP contribution in [0, 0.1) is 22.7 Å². The number of hydrogen-bond acceptors (Lipinski definition) is 4. The molecule has 2 rings (SSSR count). The molecule has 124 valence electrons. The molecule has 1 aliphatic heterocycles. The van der Waals surface area contributed by atoms with Gasteiger partial charge in [-0.1, -0.05) is 32.9 Å². The van der Waals surface area contributed by atoms with E-state index in [1.807, 2.05) is 0 Å². The molecule has 1 fully saturated rings. The van der Waals surface area contributed by atoms with Crippen LogP contribution in [0.5, 0.6) is 0 Å². The van der Waals surface area contributed by atoms with E-state index in [1.54, 1.807) is 24.3 Å². The molecule has 0 bridgehead atoms. The number of nitrogens with one attached hydrogen (secondary N) is 1. The lowest BCUT2D eigenvalue weighted by Crippen LogP contribution is -2.41. The van der Waals surface area contributed by atoms with Crippen LogP contribution in [0.2, 0.25) is 0 Å². The van der Waals surface area contributed by atoms with E-state index in [1.165, 1.54) is 0 Å². The lowest BCUT2D eigenvalue weighted by molar-refractivity contribution is -0.120. The molecule has 1 aliphatic rings. The summed E-state index contributed by atoms with van der Waals surface area (Å²) < 4.78 is 5.87. The van der Waals surface area contributed by atoms with Crippen LogP contribution in [0.4, 0.5) is 0 Å². The number of nitrogens with two attached hydrogens (primary N) is 1. The summed E-state index contributed by atoms with van der Waals surface area (Å²) in [6.45, 7) is 7.94. The van der Waals surface area contributed by atoms with Crippen molar-refractivity contribution in [3.63, 3.8) is 0 Å². The molecular formula is C18H25N3O2. The second kappa shape index (κ2) is 7.12. The van der Waals surface area contributed by atoms with Gasteiger partial charge >= 0.3 is 0 Å². The first-order chi connectivity index (χ1) is 10.8. The largest absolute Gasteiger partial charge is 0.377 e. The van der Waals surface area contributed by atoms with Gasteiger partial charge in [-0.3, -0.25) is 4.79 Å². The van der Waals surface area contributed by atoms with E-state index in [-0.39, 0.29) is 11.5 Å². The Balaban J connectivity index is 2.05. The summed E-state index contributed by atoms with van der Waals surface area (Å²) in [5, 5.41) is 12.1. The van der Waals surface area contributed by atoms with Gasteiger partial charge in [-0.2, -0.15) is 5.26 Å². The van der Waals surface area contributed by atoms with Crippen LogP contribution in [0.1, 0.15) is 44.4 Å². The second-order valence-corrected chi connectivity index (χ2v) is 7.18. The Labute approximate surface area is 137 Å². The zero-order valence-electron chi connectivity index (χ0n) is 14.0. The number of carbonyl (C=O) groups excluding carboxylic acids is 1. The molecule has 0 unspecified atom stereocenters. The lowest BCUT2D eigenvalue weighted by atomic mass is 9.81. The van der Waals surface area contributed by atoms with Crippen LogP contribution in [0.3, 0.4) is 0 Å². The monoisotopic (exact) mass is 315 g/mol. The maximum absolute atomic E-state index is 11.8. The van der Waals surface area contributed by atoms with E-state index in [2.05, 4.69) is 32.2 Å². The number of amides is 1. The average Bonchev–Trinajstić information content (AvgIpc) is 2.96. The molecule has 5 heteroatoms. The van der Waals surface area contributed by atoms with Crippen molar-refractivity contribution in [2.45, 2.75) is 39.3 Å². The van der Waals surface area contributed by atoms with Gasteiger partial charge in [0, 0.05) is 19.1 Å². The van der Waals surface area contributed by atoms with E-state index in [0.717, 1.165) is 18.6 Å². The summed E-state index contributed by atoms with van der Waals surface area (Å²) in [4.78, 5) is 11.8. The van der Waals surface area contributed by atoms with Gasteiger partial charge in [0.05, 0.1) is 17.7 Å². The summed E-state index contributed by atoms with van der Waals surface area (Å²) in [5.74, 6) is -0.0591. The van der Waals surface area contributed by atoms with E-state index in [9.17, 15) is 4.79 Å². The first-order valence-corrected chi connectivity index (χ1v) is 7.97. The molecule has 0 aromatic heterocycles. The van der Waals surface area contributed by atoms with Gasteiger partial charge in [-0.05, 0) is 29.5 Å². The molecule has 0 saturated carbocycles. The highest BCUT2D eigenvalue weighted by Crippen LogP contribution is 2.34. The molecule has 1 heterocycles. The number of ether oxygens (including phenoxy) is 1. The number of rotatable bonds is 5. The topological polar surface area (TPSA) is 88.1 Å². The third kappa shape index (κ3) is 4.31. The Kier molecular flexibility index (Phi) is 5.40. The Morgan fingerprint density at radius 2 is 2.09 bits per heavy atom. The number of hydrogen-bond donors (Lipinski definition) is 2. The van der Waals surface area contributed by atoms with Gasteiger partial charge in [-0.15, -0.1) is 0 Å². The van der Waals surface area contributed by atoms with Gasteiger partial charge < -0.3 is 15.8 Å². The molecular weight excluding hydrogens is 290 g/mol. The fourth-order valence-corrected chi connectivity index (χ4v) is 3.20. The number of benzene rings is 1. The van der Waals surface area contributed by atoms with Crippen LogP contribution in [0.25, 0.3) is 0 Å². The highest BCUT2D eigenvalue weighted by molar-refractivity contribution is 5.81. The molecule has 0 spiro atoms. The Morgan fingerprint density at radius 1 is 1.43 bits per heavy atom. The van der Waals surface area contributed by atoms with Crippen molar-refractivity contribution in [2.75, 3.05) is 13.2 Å². The minimum Gasteiger partial charge on any atom is -0.377 e. The van der Waals surface area contributed by atoms with Crippen LogP contribution in [-0.4, -0.2) is 25.2 Å². The van der Waals surface area contributed by atoms with Gasteiger partial charge in [0.2, 0.25) is 5.91 Å². The fraction of sp³-hybridized carbons (Fsp3) is 0.556. The second-order valence-electron chi connectivity index (χ2n) is 7.18. The summed E-state index contributed by atoms with van der Waals surface area (Å²) in [6.07, 6.45) is 1.15. The Bertz CT molecular complexity index is 584. The molecule has 0 aliphatic carbocycles. The average molecular weight is 315 g/mol. The Morgan fingerprint density at radius 3 is 2.61 bits per heavy atom. The van der Waals surface area contributed by atoms with Crippen LogP contribution >= 0.6 is 0 Å². The van der Waals surface area contributed by atoms with Crippen LogP contribution < -0.4 is 11.1 Å². The van der Waals surface area contributed by atoms with Crippen LogP contribution in [-0.2, 0) is 9.53 Å². The minimum atomic E-state index is -0.552. The zero-order chi connectivity index (χ0) is 17.0. The predicted molar refractivity (Wildman–Crippen MR) is 88.4 cm³/mol. The predicted octanol–water partition coefficient (Wildman–Crippen LogP) is 2.13. The molecule has 3 N–H and O–H groups in total. The molecule has 3 atom stereocenters. The number of primary amides is 1. The number of carbonyl (C=O) groups is 1. The molecule has 1 saturated heterocycles. The molecule has 1 aromatic carbocycles. The highest BCUT2D eigenvalue weighted by Gasteiger charge is 2.37. The summed E-state index contributed by atoms with van der Waals surface area (Å²) >= 11 is 0. The van der Waals surface area contributed by atoms with E-state index in [0.29, 0.717) is 18.0 Å². The normalized spacial score (nSPS) is 22.5. The Hall–Kier alpha value is -1.90. The van der Waals surface area contributed by atoms with Crippen molar-refractivity contribution in [1.82, 2.24) is 5.32 Å². The third-order valence-corrected chi connectivity index (χ3v) is 4.31. The van der Waals surface area contributed by atoms with Gasteiger partial charge in [0.25, 0.3) is 0 Å². The fourth-order valence-electron chi connectivity index (χ4n) is 3.20. The smallest absolute Gasteiger partial charge is 0.239 e. The third-order valence-electron chi connectivity index (χ3n) is 4.31. The summed E-state index contributed by atoms with van der Waals surface area (Å²) in [7, 11) is 0. The molecule has 1 aromatic rings. The van der Waals surface area contributed by atoms with Crippen molar-refractivity contribution >= 4 is 5.91 Å². The van der Waals surface area contributed by atoms with Crippen LogP contribution in [0.15, 0.2) is 24.3 Å². The molecule has 0 radical (unpaired) electrons. The van der Waals surface area contributed by atoms with Crippen molar-refractivity contribution < 1.29 is 9.53 Å².